The number of anilines is 1. The molecule has 6 nitrogen and oxygen atoms in total. The fourth-order valence-corrected chi connectivity index (χ4v) is 2.86. The summed E-state index contributed by atoms with van der Waals surface area (Å²) in [7, 11) is 0. The zero-order chi connectivity index (χ0) is 21.0. The van der Waals surface area contributed by atoms with Gasteiger partial charge in [-0.25, -0.2) is 4.79 Å². The third-order valence-corrected chi connectivity index (χ3v) is 4.40. The van der Waals surface area contributed by atoms with Gasteiger partial charge in [-0.2, -0.15) is 5.26 Å². The first-order valence-electron chi connectivity index (χ1n) is 8.19. The van der Waals surface area contributed by atoms with E-state index in [1.165, 1.54) is 30.3 Å². The number of carbonyl (C=O) groups is 2. The predicted octanol–water partition coefficient (Wildman–Crippen LogP) is 5.50. The third kappa shape index (κ3) is 4.85. The first-order chi connectivity index (χ1) is 13.9. The number of rotatable bonds is 5. The van der Waals surface area contributed by atoms with Gasteiger partial charge < -0.3 is 14.8 Å². The van der Waals surface area contributed by atoms with Gasteiger partial charge in [0, 0.05) is 22.3 Å². The van der Waals surface area contributed by atoms with Crippen molar-refractivity contribution in [3.63, 3.8) is 0 Å². The lowest BCUT2D eigenvalue weighted by Crippen LogP contribution is -2.13. The molecule has 3 aromatic rings. The van der Waals surface area contributed by atoms with E-state index < -0.39 is 11.9 Å². The van der Waals surface area contributed by atoms with Gasteiger partial charge in [0.1, 0.15) is 23.2 Å². The molecule has 1 aromatic heterocycles. The van der Waals surface area contributed by atoms with Crippen molar-refractivity contribution in [2.45, 2.75) is 0 Å². The molecule has 144 valence electrons. The van der Waals surface area contributed by atoms with Crippen LogP contribution in [0.5, 0.6) is 0 Å². The molecule has 0 unspecified atom stereocenters. The van der Waals surface area contributed by atoms with E-state index in [1.54, 1.807) is 36.4 Å². The Kier molecular flexibility index (Phi) is 6.03. The number of benzene rings is 2. The Labute approximate surface area is 175 Å². The summed E-state index contributed by atoms with van der Waals surface area (Å²) in [5.74, 6) is -1.13. The van der Waals surface area contributed by atoms with Crippen LogP contribution in [0.1, 0.15) is 16.1 Å². The minimum absolute atomic E-state index is 0.0133. The molecule has 0 atom stereocenters. The fraction of sp³-hybridized carbons (Fsp3) is 0. The van der Waals surface area contributed by atoms with E-state index in [9.17, 15) is 14.9 Å². The second-order valence-electron chi connectivity index (χ2n) is 5.84. The van der Waals surface area contributed by atoms with Crippen LogP contribution in [-0.4, -0.2) is 17.0 Å². The van der Waals surface area contributed by atoms with E-state index in [-0.39, 0.29) is 22.6 Å². The number of hydrogen-bond donors (Lipinski definition) is 2. The zero-order valence-corrected chi connectivity index (χ0v) is 16.2. The summed E-state index contributed by atoms with van der Waals surface area (Å²) in [6.45, 7) is 0. The highest BCUT2D eigenvalue weighted by Crippen LogP contribution is 2.32. The fourth-order valence-electron chi connectivity index (χ4n) is 2.48. The SMILES string of the molecule is N#C/C(=C/c1ccc(-c2cc(Cl)ccc2Cl)o1)C(=O)Nc1cccc(C(=O)O)c1. The zero-order valence-electron chi connectivity index (χ0n) is 14.6. The molecule has 0 radical (unpaired) electrons. The summed E-state index contributed by atoms with van der Waals surface area (Å²) in [5.41, 5.74) is 0.623. The molecule has 8 heteroatoms. The first kappa shape index (κ1) is 20.2. The lowest BCUT2D eigenvalue weighted by atomic mass is 10.1. The average molecular weight is 427 g/mol. The number of nitrogens with zero attached hydrogens (tertiary/aromatic N) is 1. The maximum Gasteiger partial charge on any atom is 0.335 e. The summed E-state index contributed by atoms with van der Waals surface area (Å²) in [6, 6.07) is 15.7. The molecule has 0 aliphatic rings. The lowest BCUT2D eigenvalue weighted by molar-refractivity contribution is -0.112. The highest BCUT2D eigenvalue weighted by atomic mass is 35.5. The van der Waals surface area contributed by atoms with Crippen molar-refractivity contribution in [2.24, 2.45) is 0 Å². The number of carboxylic acids is 1. The summed E-state index contributed by atoms with van der Waals surface area (Å²) in [4.78, 5) is 23.4. The van der Waals surface area contributed by atoms with Gasteiger partial charge in [0.05, 0.1) is 10.6 Å². The van der Waals surface area contributed by atoms with Crippen LogP contribution in [0, 0.1) is 11.3 Å². The molecule has 0 saturated carbocycles. The Hall–Kier alpha value is -3.53. The monoisotopic (exact) mass is 426 g/mol. The van der Waals surface area contributed by atoms with Crippen LogP contribution in [0.15, 0.2) is 64.6 Å². The Bertz CT molecular complexity index is 1180. The minimum Gasteiger partial charge on any atom is -0.478 e. The topological polar surface area (TPSA) is 103 Å². The molecular formula is C21H12Cl2N2O4. The number of halogens is 2. The van der Waals surface area contributed by atoms with Crippen LogP contribution in [0.3, 0.4) is 0 Å². The van der Waals surface area contributed by atoms with Crippen LogP contribution in [0.2, 0.25) is 10.0 Å². The second kappa shape index (κ2) is 8.65. The summed E-state index contributed by atoms with van der Waals surface area (Å²) in [5, 5.41) is 21.8. The predicted molar refractivity (Wildman–Crippen MR) is 110 cm³/mol. The molecule has 0 fully saturated rings. The van der Waals surface area contributed by atoms with Crippen molar-refractivity contribution in [1.29, 1.82) is 5.26 Å². The van der Waals surface area contributed by atoms with Crippen LogP contribution in [-0.2, 0) is 4.79 Å². The molecule has 1 heterocycles. The van der Waals surface area contributed by atoms with Crippen LogP contribution in [0.25, 0.3) is 17.4 Å². The summed E-state index contributed by atoms with van der Waals surface area (Å²) < 4.78 is 5.66. The van der Waals surface area contributed by atoms with E-state index in [1.807, 2.05) is 0 Å². The number of amides is 1. The van der Waals surface area contributed by atoms with Crippen molar-refractivity contribution in [1.82, 2.24) is 0 Å². The Morgan fingerprint density at radius 1 is 1.10 bits per heavy atom. The van der Waals surface area contributed by atoms with Gasteiger partial charge in [-0.05, 0) is 48.5 Å². The van der Waals surface area contributed by atoms with Crippen LogP contribution < -0.4 is 5.32 Å². The van der Waals surface area contributed by atoms with E-state index in [4.69, 9.17) is 32.7 Å². The van der Waals surface area contributed by atoms with E-state index in [2.05, 4.69) is 5.32 Å². The number of carboxylic acid groups (broad SMARTS) is 1. The number of aromatic carboxylic acids is 1. The maximum absolute atomic E-state index is 12.4. The molecule has 1 amide bonds. The van der Waals surface area contributed by atoms with Gasteiger partial charge in [0.15, 0.2) is 0 Å². The highest BCUT2D eigenvalue weighted by Gasteiger charge is 2.14. The highest BCUT2D eigenvalue weighted by molar-refractivity contribution is 6.35. The number of carbonyl (C=O) groups excluding carboxylic acids is 1. The molecule has 0 aliphatic heterocycles. The molecule has 0 spiro atoms. The molecule has 0 aliphatic carbocycles. The summed E-state index contributed by atoms with van der Waals surface area (Å²) in [6.07, 6.45) is 1.28. The van der Waals surface area contributed by atoms with Gasteiger partial charge in [0.2, 0.25) is 0 Å². The molecule has 3 rings (SSSR count). The molecular weight excluding hydrogens is 415 g/mol. The largest absolute Gasteiger partial charge is 0.478 e. The Balaban J connectivity index is 1.83. The van der Waals surface area contributed by atoms with Gasteiger partial charge in [-0.1, -0.05) is 29.3 Å². The maximum atomic E-state index is 12.4. The van der Waals surface area contributed by atoms with Crippen molar-refractivity contribution in [2.75, 3.05) is 5.32 Å². The van der Waals surface area contributed by atoms with Crippen LogP contribution >= 0.6 is 23.2 Å². The van der Waals surface area contributed by atoms with Crippen molar-refractivity contribution < 1.29 is 19.1 Å². The van der Waals surface area contributed by atoms with E-state index in [0.29, 0.717) is 21.4 Å². The molecule has 0 saturated heterocycles. The van der Waals surface area contributed by atoms with Gasteiger partial charge >= 0.3 is 5.97 Å². The van der Waals surface area contributed by atoms with Gasteiger partial charge in [-0.15, -0.1) is 0 Å². The number of furan rings is 1. The van der Waals surface area contributed by atoms with Crippen LogP contribution in [0.4, 0.5) is 5.69 Å². The Morgan fingerprint density at radius 3 is 2.62 bits per heavy atom. The van der Waals surface area contributed by atoms with Crippen molar-refractivity contribution >= 4 is 46.8 Å². The lowest BCUT2D eigenvalue weighted by Gasteiger charge is -2.05. The van der Waals surface area contributed by atoms with Gasteiger partial charge in [0.25, 0.3) is 5.91 Å². The number of hydrogen-bond acceptors (Lipinski definition) is 4. The second-order valence-corrected chi connectivity index (χ2v) is 6.68. The smallest absolute Gasteiger partial charge is 0.335 e. The van der Waals surface area contributed by atoms with Gasteiger partial charge in [-0.3, -0.25) is 4.79 Å². The first-order valence-corrected chi connectivity index (χ1v) is 8.95. The standard InChI is InChI=1S/C21H12Cl2N2O4/c22-14-4-6-18(23)17(10-14)19-7-5-16(29-19)9-13(11-24)20(26)25-15-3-1-2-12(8-15)21(27)28/h1-10H,(H,25,26)(H,27,28)/b13-9-. The van der Waals surface area contributed by atoms with Crippen molar-refractivity contribution in [3.8, 4) is 17.4 Å². The van der Waals surface area contributed by atoms with E-state index >= 15 is 0 Å². The third-order valence-electron chi connectivity index (χ3n) is 3.84. The summed E-state index contributed by atoms with van der Waals surface area (Å²) >= 11 is 12.1. The van der Waals surface area contributed by atoms with Crippen molar-refractivity contribution in [3.05, 3.63) is 81.5 Å². The molecule has 0 bridgehead atoms. The normalized spacial score (nSPS) is 11.0. The number of nitrogens with one attached hydrogen (secondary N) is 1. The molecule has 2 aromatic carbocycles. The molecule has 2 N–H and O–H groups in total. The average Bonchev–Trinajstić information content (AvgIpc) is 3.16. The molecule has 29 heavy (non-hydrogen) atoms. The number of nitriles is 1. The quantitative estimate of drug-likeness (QED) is 0.414. The minimum atomic E-state index is -1.13. The Morgan fingerprint density at radius 2 is 1.90 bits per heavy atom. The van der Waals surface area contributed by atoms with E-state index in [0.717, 1.165) is 0 Å².